The van der Waals surface area contributed by atoms with Crippen molar-refractivity contribution in [1.29, 1.82) is 0 Å². The number of phosphoric acid groups is 1. The molecule has 12 nitrogen and oxygen atoms in total. The Bertz CT molecular complexity index is 1120. The highest BCUT2D eigenvalue weighted by molar-refractivity contribution is 7.46. The van der Waals surface area contributed by atoms with E-state index in [4.69, 9.17) is 19.7 Å². The third-order valence-electron chi connectivity index (χ3n) is 4.94. The number of aryl methyl sites for hydroxylation is 1. The lowest BCUT2D eigenvalue weighted by molar-refractivity contribution is -0.148. The van der Waals surface area contributed by atoms with Gasteiger partial charge in [-0.2, -0.15) is 0 Å². The lowest BCUT2D eigenvalue weighted by Crippen LogP contribution is -2.40. The number of aliphatic hydroxyl groups is 1. The zero-order valence-corrected chi connectivity index (χ0v) is 17.4. The van der Waals surface area contributed by atoms with E-state index >= 15 is 0 Å². The molecule has 0 saturated carbocycles. The molecule has 3 aromatic rings. The highest BCUT2D eigenvalue weighted by Gasteiger charge is 2.45. The molecule has 1 fully saturated rings. The van der Waals surface area contributed by atoms with E-state index in [9.17, 15) is 19.5 Å². The molecular formula is C18H22N5O7P. The summed E-state index contributed by atoms with van der Waals surface area (Å²) >= 11 is 0. The molecule has 5 N–H and O–H groups in total. The van der Waals surface area contributed by atoms with E-state index in [2.05, 4.69) is 15.0 Å². The summed E-state index contributed by atoms with van der Waals surface area (Å²) in [4.78, 5) is 31.0. The maximum absolute atomic E-state index is 11.6. The number of para-hydroxylation sites is 1. The van der Waals surface area contributed by atoms with Gasteiger partial charge >= 0.3 is 7.82 Å². The first-order valence-corrected chi connectivity index (χ1v) is 11.0. The average Bonchev–Trinajstić information content (AvgIpc) is 3.31. The van der Waals surface area contributed by atoms with Crippen molar-refractivity contribution in [2.75, 3.05) is 5.73 Å². The number of fused-ring (bicyclic) bond motifs is 1. The highest BCUT2D eigenvalue weighted by atomic mass is 31.2. The van der Waals surface area contributed by atoms with Crippen molar-refractivity contribution in [3.05, 3.63) is 42.5 Å². The van der Waals surface area contributed by atoms with E-state index < -0.39 is 32.5 Å². The van der Waals surface area contributed by atoms with Crippen LogP contribution in [0.25, 0.3) is 11.2 Å². The standard InChI is InChI=1S/C18H22N5O7P/c1-2-10-5-3-4-6-12(10)28-18(30-31(25,26)27)15-11(24)7-13(29-15)23-9-22-14-16(19)20-8-21-17(14)23/h3-6,8-9,11,13,15,18,24H,2,7H2,1H3,(H2,19,20,21)(H2,25,26,27)/t11-,13+,15-,18?/m0/s1. The molecule has 31 heavy (non-hydrogen) atoms. The molecule has 0 spiro atoms. The number of phosphoric ester groups is 1. The van der Waals surface area contributed by atoms with Gasteiger partial charge in [0, 0.05) is 6.42 Å². The van der Waals surface area contributed by atoms with Crippen molar-refractivity contribution in [2.45, 2.75) is 44.5 Å². The van der Waals surface area contributed by atoms with Crippen LogP contribution in [0.5, 0.6) is 5.75 Å². The van der Waals surface area contributed by atoms with Crippen LogP contribution < -0.4 is 10.5 Å². The zero-order chi connectivity index (χ0) is 22.2. The Kier molecular flexibility index (Phi) is 5.93. The number of nitrogens with zero attached hydrogens (tertiary/aromatic N) is 4. The molecule has 1 aliphatic heterocycles. The smallest absolute Gasteiger partial charge is 0.461 e. The third-order valence-corrected chi connectivity index (χ3v) is 5.42. The molecule has 0 aliphatic carbocycles. The second kappa shape index (κ2) is 8.50. The maximum atomic E-state index is 11.6. The molecule has 2 aromatic heterocycles. The van der Waals surface area contributed by atoms with Crippen LogP contribution >= 0.6 is 7.82 Å². The van der Waals surface area contributed by atoms with Crippen LogP contribution in [0.3, 0.4) is 0 Å². The average molecular weight is 451 g/mol. The summed E-state index contributed by atoms with van der Waals surface area (Å²) in [6.45, 7) is 1.91. The molecule has 0 amide bonds. The molecule has 4 atom stereocenters. The van der Waals surface area contributed by atoms with Gasteiger partial charge in [0.25, 0.3) is 0 Å². The van der Waals surface area contributed by atoms with Crippen molar-refractivity contribution in [2.24, 2.45) is 0 Å². The lowest BCUT2D eigenvalue weighted by Gasteiger charge is -2.27. The summed E-state index contributed by atoms with van der Waals surface area (Å²) in [5.41, 5.74) is 7.39. The van der Waals surface area contributed by atoms with Gasteiger partial charge in [-0.1, -0.05) is 25.1 Å². The predicted molar refractivity (Wildman–Crippen MR) is 108 cm³/mol. The lowest BCUT2D eigenvalue weighted by atomic mass is 10.1. The summed E-state index contributed by atoms with van der Waals surface area (Å²) in [6, 6.07) is 7.01. The van der Waals surface area contributed by atoms with Gasteiger partial charge in [-0.15, -0.1) is 0 Å². The SMILES string of the molecule is CCc1ccccc1OC(OP(=O)(O)O)[C@H]1O[C@@H](n2cnc3c(N)ncnc32)C[C@@H]1O. The van der Waals surface area contributed by atoms with Gasteiger partial charge in [-0.3, -0.25) is 4.57 Å². The molecule has 0 radical (unpaired) electrons. The van der Waals surface area contributed by atoms with Crippen LogP contribution in [0.15, 0.2) is 36.9 Å². The Morgan fingerprint density at radius 1 is 1.32 bits per heavy atom. The summed E-state index contributed by atoms with van der Waals surface area (Å²) in [7, 11) is -4.96. The molecule has 1 aliphatic rings. The summed E-state index contributed by atoms with van der Waals surface area (Å²) < 4.78 is 29.7. The van der Waals surface area contributed by atoms with Crippen molar-refractivity contribution in [1.82, 2.24) is 19.5 Å². The van der Waals surface area contributed by atoms with E-state index in [-0.39, 0.29) is 12.2 Å². The summed E-state index contributed by atoms with van der Waals surface area (Å²) in [5, 5.41) is 10.6. The third kappa shape index (κ3) is 4.54. The fraction of sp³-hybridized carbons (Fsp3) is 0.389. The Morgan fingerprint density at radius 3 is 2.84 bits per heavy atom. The number of imidazole rings is 1. The van der Waals surface area contributed by atoms with E-state index in [1.165, 1.54) is 12.7 Å². The fourth-order valence-corrected chi connectivity index (χ4v) is 3.93. The minimum Gasteiger partial charge on any atom is -0.461 e. The second-order valence-corrected chi connectivity index (χ2v) is 8.18. The number of anilines is 1. The fourth-order valence-electron chi connectivity index (χ4n) is 3.49. The van der Waals surface area contributed by atoms with Crippen LogP contribution in [0, 0.1) is 0 Å². The quantitative estimate of drug-likeness (QED) is 0.299. The summed E-state index contributed by atoms with van der Waals surface area (Å²) in [5.74, 6) is 0.567. The molecule has 3 heterocycles. The normalized spacial score (nSPS) is 22.6. The first kappa shape index (κ1) is 21.6. The first-order chi connectivity index (χ1) is 14.8. The van der Waals surface area contributed by atoms with Gasteiger partial charge in [0.05, 0.1) is 12.4 Å². The Morgan fingerprint density at radius 2 is 2.10 bits per heavy atom. The Balaban J connectivity index is 1.62. The van der Waals surface area contributed by atoms with Crippen molar-refractivity contribution in [3.8, 4) is 5.75 Å². The largest absolute Gasteiger partial charge is 0.472 e. The van der Waals surface area contributed by atoms with Gasteiger partial charge in [0.1, 0.15) is 29.9 Å². The molecule has 1 saturated heterocycles. The van der Waals surface area contributed by atoms with Crippen molar-refractivity contribution < 1.29 is 33.5 Å². The van der Waals surface area contributed by atoms with Gasteiger partial charge < -0.3 is 30.1 Å². The number of hydrogen-bond donors (Lipinski definition) is 4. The predicted octanol–water partition coefficient (Wildman–Crippen LogP) is 1.13. The first-order valence-electron chi connectivity index (χ1n) is 9.52. The zero-order valence-electron chi connectivity index (χ0n) is 16.5. The maximum Gasteiger partial charge on any atom is 0.472 e. The molecule has 1 aromatic carbocycles. The van der Waals surface area contributed by atoms with Crippen molar-refractivity contribution in [3.63, 3.8) is 0 Å². The molecule has 4 rings (SSSR count). The molecule has 0 bridgehead atoms. The van der Waals surface area contributed by atoms with Crippen LogP contribution in [0.1, 0.15) is 25.1 Å². The van der Waals surface area contributed by atoms with Crippen LogP contribution in [-0.2, 0) is 20.2 Å². The number of nitrogens with two attached hydrogens (primary N) is 1. The van der Waals surface area contributed by atoms with Crippen molar-refractivity contribution >= 4 is 24.8 Å². The van der Waals surface area contributed by atoms with Gasteiger partial charge in [0.2, 0.25) is 6.29 Å². The molecule has 13 heteroatoms. The highest BCUT2D eigenvalue weighted by Crippen LogP contribution is 2.42. The van der Waals surface area contributed by atoms with Crippen LogP contribution in [0.4, 0.5) is 5.82 Å². The van der Waals surface area contributed by atoms with Crippen LogP contribution in [0.2, 0.25) is 0 Å². The van der Waals surface area contributed by atoms with E-state index in [1.807, 2.05) is 19.1 Å². The molecule has 1 unspecified atom stereocenters. The summed E-state index contributed by atoms with van der Waals surface area (Å²) in [6.07, 6.45) is -1.22. The Labute approximate surface area is 176 Å². The topological polar surface area (TPSA) is 175 Å². The minimum absolute atomic E-state index is 0.0832. The molecular weight excluding hydrogens is 429 g/mol. The Hall–Kier alpha value is -2.60. The number of ether oxygens (including phenoxy) is 2. The van der Waals surface area contributed by atoms with Gasteiger partial charge in [-0.05, 0) is 18.1 Å². The number of nitrogen functional groups attached to an aromatic ring is 1. The minimum atomic E-state index is -4.96. The second-order valence-electron chi connectivity index (χ2n) is 6.98. The number of rotatable bonds is 7. The molecule has 166 valence electrons. The van der Waals surface area contributed by atoms with Crippen LogP contribution in [-0.4, -0.2) is 52.9 Å². The monoisotopic (exact) mass is 451 g/mol. The van der Waals surface area contributed by atoms with E-state index in [0.29, 0.717) is 23.3 Å². The van der Waals surface area contributed by atoms with Gasteiger partial charge in [0.15, 0.2) is 11.5 Å². The van der Waals surface area contributed by atoms with E-state index in [1.54, 1.807) is 16.7 Å². The number of benzene rings is 1. The number of hydrogen-bond acceptors (Lipinski definition) is 9. The van der Waals surface area contributed by atoms with Gasteiger partial charge in [-0.25, -0.2) is 24.0 Å². The van der Waals surface area contributed by atoms with E-state index in [0.717, 1.165) is 5.56 Å². The number of aromatic nitrogens is 4. The number of aliphatic hydroxyl groups excluding tert-OH is 1.